The zero-order valence-corrected chi connectivity index (χ0v) is 15.2. The Kier molecular flexibility index (Phi) is 4.94. The number of rotatable bonds is 4. The molecule has 1 aromatic heterocycles. The smallest absolute Gasteiger partial charge is 0.255 e. The van der Waals surface area contributed by atoms with Crippen molar-refractivity contribution < 1.29 is 14.4 Å². The van der Waals surface area contributed by atoms with Gasteiger partial charge in [0.15, 0.2) is 0 Å². The Bertz CT molecular complexity index is 962. The minimum Gasteiger partial charge on any atom is -0.322 e. The SMILES string of the molecule is CCC1(c2ccc(NC(=O)c3ccn(C)c(=O)c3)cc2)CCC(=O)NC1=O. The van der Waals surface area contributed by atoms with Crippen LogP contribution in [-0.2, 0) is 22.1 Å². The fraction of sp³-hybridized carbons (Fsp3) is 0.300. The molecule has 7 nitrogen and oxygen atoms in total. The van der Waals surface area contributed by atoms with E-state index in [1.165, 1.54) is 16.8 Å². The van der Waals surface area contributed by atoms with Gasteiger partial charge in [-0.3, -0.25) is 24.5 Å². The lowest BCUT2D eigenvalue weighted by Crippen LogP contribution is -2.51. The zero-order valence-electron chi connectivity index (χ0n) is 15.2. The molecule has 1 aliphatic heterocycles. The maximum atomic E-state index is 12.4. The maximum absolute atomic E-state index is 12.4. The van der Waals surface area contributed by atoms with Gasteiger partial charge in [0.05, 0.1) is 5.41 Å². The van der Waals surface area contributed by atoms with Gasteiger partial charge < -0.3 is 9.88 Å². The quantitative estimate of drug-likeness (QED) is 0.804. The van der Waals surface area contributed by atoms with Crippen LogP contribution in [0.2, 0.25) is 0 Å². The van der Waals surface area contributed by atoms with E-state index in [1.807, 2.05) is 6.92 Å². The molecule has 27 heavy (non-hydrogen) atoms. The molecule has 0 radical (unpaired) electrons. The van der Waals surface area contributed by atoms with Gasteiger partial charge in [0.25, 0.3) is 11.5 Å². The summed E-state index contributed by atoms with van der Waals surface area (Å²) in [6, 6.07) is 9.86. The van der Waals surface area contributed by atoms with Crippen molar-refractivity contribution in [2.24, 2.45) is 7.05 Å². The molecule has 3 amide bonds. The third-order valence-corrected chi connectivity index (χ3v) is 5.13. The number of amides is 3. The van der Waals surface area contributed by atoms with Crippen molar-refractivity contribution in [1.29, 1.82) is 0 Å². The predicted molar refractivity (Wildman–Crippen MR) is 100 cm³/mol. The van der Waals surface area contributed by atoms with E-state index in [0.717, 1.165) is 5.56 Å². The first kappa shape index (κ1) is 18.6. The van der Waals surface area contributed by atoms with Gasteiger partial charge >= 0.3 is 0 Å². The summed E-state index contributed by atoms with van der Waals surface area (Å²) < 4.78 is 1.38. The van der Waals surface area contributed by atoms with Gasteiger partial charge in [0.2, 0.25) is 11.8 Å². The number of anilines is 1. The average molecular weight is 367 g/mol. The third kappa shape index (κ3) is 3.53. The van der Waals surface area contributed by atoms with E-state index in [9.17, 15) is 19.2 Å². The number of hydrogen-bond acceptors (Lipinski definition) is 4. The number of carbonyl (C=O) groups excluding carboxylic acids is 3. The van der Waals surface area contributed by atoms with Crippen LogP contribution in [0.5, 0.6) is 0 Å². The second-order valence-electron chi connectivity index (χ2n) is 6.71. The Morgan fingerprint density at radius 1 is 1.19 bits per heavy atom. The van der Waals surface area contributed by atoms with Gasteiger partial charge in [0, 0.05) is 37.0 Å². The third-order valence-electron chi connectivity index (χ3n) is 5.13. The molecule has 2 heterocycles. The number of benzene rings is 1. The van der Waals surface area contributed by atoms with Gasteiger partial charge in [-0.15, -0.1) is 0 Å². The minimum absolute atomic E-state index is 0.248. The summed E-state index contributed by atoms with van der Waals surface area (Å²) in [7, 11) is 1.61. The van der Waals surface area contributed by atoms with E-state index in [4.69, 9.17) is 0 Å². The largest absolute Gasteiger partial charge is 0.322 e. The van der Waals surface area contributed by atoms with Gasteiger partial charge in [-0.05, 0) is 36.6 Å². The normalized spacial score (nSPS) is 19.5. The Balaban J connectivity index is 1.79. The number of imide groups is 1. The van der Waals surface area contributed by atoms with Crippen molar-refractivity contribution in [2.45, 2.75) is 31.6 Å². The molecule has 1 aromatic carbocycles. The summed E-state index contributed by atoms with van der Waals surface area (Å²) >= 11 is 0. The zero-order chi connectivity index (χ0) is 19.6. The molecule has 0 spiro atoms. The van der Waals surface area contributed by atoms with Gasteiger partial charge in [-0.1, -0.05) is 19.1 Å². The molecule has 1 atom stereocenters. The van der Waals surface area contributed by atoms with Crippen LogP contribution in [0.15, 0.2) is 47.4 Å². The first-order chi connectivity index (χ1) is 12.9. The van der Waals surface area contributed by atoms with Crippen LogP contribution < -0.4 is 16.2 Å². The number of aromatic nitrogens is 1. The molecule has 0 aliphatic carbocycles. The summed E-state index contributed by atoms with van der Waals surface area (Å²) in [6.07, 6.45) is 2.88. The standard InChI is InChI=1S/C20H21N3O4/c1-3-20(10-8-16(24)22-19(20)27)14-4-6-15(7-5-14)21-18(26)13-9-11-23(2)17(25)12-13/h4-7,9,11-12H,3,8,10H2,1-2H3,(H,21,26)(H,22,24,27). The number of pyridine rings is 1. The van der Waals surface area contributed by atoms with E-state index < -0.39 is 5.41 Å². The highest BCUT2D eigenvalue weighted by Crippen LogP contribution is 2.36. The number of aryl methyl sites for hydroxylation is 1. The van der Waals surface area contributed by atoms with Gasteiger partial charge in [0.1, 0.15) is 0 Å². The number of hydrogen-bond donors (Lipinski definition) is 2. The number of nitrogens with zero attached hydrogens (tertiary/aromatic N) is 1. The molecular weight excluding hydrogens is 346 g/mol. The molecule has 140 valence electrons. The molecule has 0 saturated carbocycles. The van der Waals surface area contributed by atoms with Crippen molar-refractivity contribution in [1.82, 2.24) is 9.88 Å². The van der Waals surface area contributed by atoms with Crippen LogP contribution in [0.4, 0.5) is 5.69 Å². The summed E-state index contributed by atoms with van der Waals surface area (Å²) in [6.45, 7) is 1.92. The molecule has 7 heteroatoms. The molecular formula is C20H21N3O4. The lowest BCUT2D eigenvalue weighted by atomic mass is 9.72. The van der Waals surface area contributed by atoms with Crippen LogP contribution in [-0.4, -0.2) is 22.3 Å². The number of carbonyl (C=O) groups is 3. The maximum Gasteiger partial charge on any atom is 0.255 e. The summed E-state index contributed by atoms with van der Waals surface area (Å²) in [5.74, 6) is -0.910. The number of piperidine rings is 1. The highest BCUT2D eigenvalue weighted by molar-refractivity contribution is 6.05. The number of nitrogens with one attached hydrogen (secondary N) is 2. The predicted octanol–water partition coefficient (Wildman–Crippen LogP) is 1.72. The van der Waals surface area contributed by atoms with E-state index in [1.54, 1.807) is 37.4 Å². The molecule has 1 fully saturated rings. The van der Waals surface area contributed by atoms with Crippen LogP contribution in [0.1, 0.15) is 42.1 Å². The van der Waals surface area contributed by atoms with Crippen LogP contribution >= 0.6 is 0 Å². The highest BCUT2D eigenvalue weighted by atomic mass is 16.2. The van der Waals surface area contributed by atoms with Crippen molar-refractivity contribution in [3.8, 4) is 0 Å². The molecule has 2 aromatic rings. The van der Waals surface area contributed by atoms with Crippen molar-refractivity contribution in [3.63, 3.8) is 0 Å². The molecule has 1 aliphatic rings. The van der Waals surface area contributed by atoms with Crippen LogP contribution in [0, 0.1) is 0 Å². The fourth-order valence-electron chi connectivity index (χ4n) is 3.33. The molecule has 3 rings (SSSR count). The van der Waals surface area contributed by atoms with Crippen molar-refractivity contribution in [3.05, 3.63) is 64.1 Å². The highest BCUT2D eigenvalue weighted by Gasteiger charge is 2.42. The van der Waals surface area contributed by atoms with E-state index in [-0.39, 0.29) is 28.8 Å². The first-order valence-electron chi connectivity index (χ1n) is 8.78. The van der Waals surface area contributed by atoms with Crippen molar-refractivity contribution >= 4 is 23.4 Å². The molecule has 0 bridgehead atoms. The topological polar surface area (TPSA) is 97.3 Å². The summed E-state index contributed by atoms with van der Waals surface area (Å²) in [4.78, 5) is 47.9. The lowest BCUT2D eigenvalue weighted by molar-refractivity contribution is -0.138. The summed E-state index contributed by atoms with van der Waals surface area (Å²) in [5.41, 5.74) is 0.643. The van der Waals surface area contributed by atoms with Gasteiger partial charge in [-0.2, -0.15) is 0 Å². The van der Waals surface area contributed by atoms with E-state index >= 15 is 0 Å². The Morgan fingerprint density at radius 3 is 2.48 bits per heavy atom. The Hall–Kier alpha value is -3.22. The van der Waals surface area contributed by atoms with Crippen molar-refractivity contribution in [2.75, 3.05) is 5.32 Å². The fourth-order valence-corrected chi connectivity index (χ4v) is 3.33. The molecule has 2 N–H and O–H groups in total. The second kappa shape index (κ2) is 7.19. The van der Waals surface area contributed by atoms with Gasteiger partial charge in [-0.25, -0.2) is 0 Å². The monoisotopic (exact) mass is 367 g/mol. The average Bonchev–Trinajstić information content (AvgIpc) is 2.65. The Morgan fingerprint density at radius 2 is 1.89 bits per heavy atom. The van der Waals surface area contributed by atoms with Crippen LogP contribution in [0.3, 0.4) is 0 Å². The molecule has 1 saturated heterocycles. The minimum atomic E-state index is -0.734. The lowest BCUT2D eigenvalue weighted by Gasteiger charge is -2.35. The molecule has 1 unspecified atom stereocenters. The first-order valence-corrected chi connectivity index (χ1v) is 8.78. The second-order valence-corrected chi connectivity index (χ2v) is 6.71. The summed E-state index contributed by atoms with van der Waals surface area (Å²) in [5, 5.41) is 5.16. The van der Waals surface area contributed by atoms with E-state index in [0.29, 0.717) is 24.9 Å². The van der Waals surface area contributed by atoms with Crippen LogP contribution in [0.25, 0.3) is 0 Å². The van der Waals surface area contributed by atoms with E-state index in [2.05, 4.69) is 10.6 Å². The Labute approximate surface area is 156 Å².